The van der Waals surface area contributed by atoms with Crippen molar-refractivity contribution in [1.82, 2.24) is 0 Å². The summed E-state index contributed by atoms with van der Waals surface area (Å²) in [5, 5.41) is 2.40. The molecular formula is C22H18F2N2O3. The Bertz CT molecular complexity index is 1040. The van der Waals surface area contributed by atoms with Crippen molar-refractivity contribution in [3.05, 3.63) is 90.0 Å². The third kappa shape index (κ3) is 4.76. The Kier molecular flexibility index (Phi) is 6.19. The van der Waals surface area contributed by atoms with Crippen LogP contribution in [0, 0.1) is 11.6 Å². The van der Waals surface area contributed by atoms with Crippen molar-refractivity contribution in [3.8, 4) is 5.75 Å². The molecule has 29 heavy (non-hydrogen) atoms. The molecule has 0 heterocycles. The second-order valence-electron chi connectivity index (χ2n) is 6.13. The lowest BCUT2D eigenvalue weighted by Crippen LogP contribution is -2.28. The van der Waals surface area contributed by atoms with Crippen molar-refractivity contribution in [1.29, 1.82) is 0 Å². The van der Waals surface area contributed by atoms with Gasteiger partial charge in [0.05, 0.1) is 16.9 Å². The second-order valence-corrected chi connectivity index (χ2v) is 6.13. The quantitative estimate of drug-likeness (QED) is 0.677. The largest absolute Gasteiger partial charge is 0.483 e. The minimum Gasteiger partial charge on any atom is -0.483 e. The molecule has 0 spiro atoms. The SMILES string of the molecule is CN(C(=O)c1ccccc1OCC(=O)Nc1ccccc1F)c1ccccc1F. The van der Waals surface area contributed by atoms with E-state index >= 15 is 0 Å². The molecule has 0 fully saturated rings. The van der Waals surface area contributed by atoms with E-state index in [2.05, 4.69) is 5.32 Å². The van der Waals surface area contributed by atoms with Gasteiger partial charge < -0.3 is 15.0 Å². The summed E-state index contributed by atoms with van der Waals surface area (Å²) in [6.07, 6.45) is 0. The highest BCUT2D eigenvalue weighted by atomic mass is 19.1. The van der Waals surface area contributed by atoms with Gasteiger partial charge in [-0.2, -0.15) is 0 Å². The third-order valence-electron chi connectivity index (χ3n) is 4.14. The van der Waals surface area contributed by atoms with Crippen LogP contribution in [-0.4, -0.2) is 25.5 Å². The molecule has 0 radical (unpaired) electrons. The van der Waals surface area contributed by atoms with Crippen molar-refractivity contribution in [2.75, 3.05) is 23.9 Å². The van der Waals surface area contributed by atoms with E-state index in [0.717, 1.165) is 4.90 Å². The highest BCUT2D eigenvalue weighted by molar-refractivity contribution is 6.07. The molecule has 2 amide bonds. The van der Waals surface area contributed by atoms with E-state index in [1.807, 2.05) is 0 Å². The van der Waals surface area contributed by atoms with E-state index in [1.165, 1.54) is 55.6 Å². The zero-order chi connectivity index (χ0) is 20.8. The van der Waals surface area contributed by atoms with Crippen molar-refractivity contribution in [2.45, 2.75) is 0 Å². The molecule has 3 aromatic rings. The number of benzene rings is 3. The predicted molar refractivity (Wildman–Crippen MR) is 106 cm³/mol. The van der Waals surface area contributed by atoms with Crippen LogP contribution in [0.1, 0.15) is 10.4 Å². The highest BCUT2D eigenvalue weighted by Crippen LogP contribution is 2.24. The number of carbonyl (C=O) groups is 2. The number of rotatable bonds is 6. The van der Waals surface area contributed by atoms with Crippen molar-refractivity contribution in [3.63, 3.8) is 0 Å². The summed E-state index contributed by atoms with van der Waals surface area (Å²) < 4.78 is 33.1. The number of hydrogen-bond acceptors (Lipinski definition) is 3. The molecule has 0 aliphatic heterocycles. The Morgan fingerprint density at radius 3 is 2.24 bits per heavy atom. The molecule has 5 nitrogen and oxygen atoms in total. The molecule has 0 aliphatic carbocycles. The van der Waals surface area contributed by atoms with Gasteiger partial charge in [-0.25, -0.2) is 8.78 Å². The molecular weight excluding hydrogens is 378 g/mol. The molecule has 0 saturated carbocycles. The Morgan fingerprint density at radius 1 is 0.897 bits per heavy atom. The zero-order valence-corrected chi connectivity index (χ0v) is 15.6. The predicted octanol–water partition coefficient (Wildman–Crippen LogP) is 4.26. The Morgan fingerprint density at radius 2 is 1.52 bits per heavy atom. The van der Waals surface area contributed by atoms with Crippen LogP contribution >= 0.6 is 0 Å². The Balaban J connectivity index is 1.72. The summed E-state index contributed by atoms with van der Waals surface area (Å²) in [5.41, 5.74) is 0.311. The van der Waals surface area contributed by atoms with Gasteiger partial charge in [0.15, 0.2) is 6.61 Å². The van der Waals surface area contributed by atoms with E-state index in [9.17, 15) is 18.4 Å². The maximum absolute atomic E-state index is 14.0. The molecule has 0 unspecified atom stereocenters. The summed E-state index contributed by atoms with van der Waals surface area (Å²) >= 11 is 0. The number of anilines is 2. The highest BCUT2D eigenvalue weighted by Gasteiger charge is 2.20. The number of nitrogens with one attached hydrogen (secondary N) is 1. The fourth-order valence-electron chi connectivity index (χ4n) is 2.68. The standard InChI is InChI=1S/C22H18F2N2O3/c1-26(19-12-6-4-10-17(19)24)22(28)15-8-2-7-13-20(15)29-14-21(27)25-18-11-5-3-9-16(18)23/h2-13H,14H2,1H3,(H,25,27). The van der Waals surface area contributed by atoms with Crippen LogP contribution in [0.25, 0.3) is 0 Å². The van der Waals surface area contributed by atoms with Gasteiger partial charge in [-0.05, 0) is 36.4 Å². The molecule has 7 heteroatoms. The fraction of sp³-hybridized carbons (Fsp3) is 0.0909. The first-order chi connectivity index (χ1) is 14.0. The zero-order valence-electron chi connectivity index (χ0n) is 15.6. The van der Waals surface area contributed by atoms with Crippen molar-refractivity contribution < 1.29 is 23.1 Å². The van der Waals surface area contributed by atoms with Crippen molar-refractivity contribution in [2.24, 2.45) is 0 Å². The third-order valence-corrected chi connectivity index (χ3v) is 4.14. The summed E-state index contributed by atoms with van der Waals surface area (Å²) in [6.45, 7) is -0.429. The normalized spacial score (nSPS) is 10.3. The fourth-order valence-corrected chi connectivity index (χ4v) is 2.68. The average Bonchev–Trinajstić information content (AvgIpc) is 2.73. The van der Waals surface area contributed by atoms with Crippen LogP contribution in [-0.2, 0) is 4.79 Å². The number of para-hydroxylation sites is 3. The number of hydrogen-bond donors (Lipinski definition) is 1. The van der Waals surface area contributed by atoms with Crippen molar-refractivity contribution >= 4 is 23.2 Å². The van der Waals surface area contributed by atoms with Gasteiger partial charge in [0, 0.05) is 7.05 Å². The van der Waals surface area contributed by atoms with Crippen LogP contribution in [0.4, 0.5) is 20.2 Å². The summed E-state index contributed by atoms with van der Waals surface area (Å²) in [4.78, 5) is 26.1. The van der Waals surface area contributed by atoms with Gasteiger partial charge in [-0.3, -0.25) is 9.59 Å². The second kappa shape index (κ2) is 8.97. The minimum absolute atomic E-state index is 0.0322. The molecule has 3 aromatic carbocycles. The van der Waals surface area contributed by atoms with Gasteiger partial charge in [0.2, 0.25) is 0 Å². The molecule has 0 aliphatic rings. The Labute approximate surface area is 166 Å². The smallest absolute Gasteiger partial charge is 0.262 e. The molecule has 0 saturated heterocycles. The number of halogens is 2. The van der Waals surface area contributed by atoms with Gasteiger partial charge in [0.1, 0.15) is 17.4 Å². The number of carbonyl (C=O) groups excluding carboxylic acids is 2. The lowest BCUT2D eigenvalue weighted by Gasteiger charge is -2.19. The minimum atomic E-state index is -0.584. The number of amides is 2. The van der Waals surface area contributed by atoms with Gasteiger partial charge in [-0.1, -0.05) is 36.4 Å². The van der Waals surface area contributed by atoms with Crippen LogP contribution < -0.4 is 15.0 Å². The van der Waals surface area contributed by atoms with Gasteiger partial charge in [0.25, 0.3) is 11.8 Å². The van der Waals surface area contributed by atoms with Crippen LogP contribution in [0.2, 0.25) is 0 Å². The van der Waals surface area contributed by atoms with E-state index in [1.54, 1.807) is 24.3 Å². The number of ether oxygens (including phenoxy) is 1. The summed E-state index contributed by atoms with van der Waals surface area (Å²) in [6, 6.07) is 18.0. The first-order valence-corrected chi connectivity index (χ1v) is 8.76. The monoisotopic (exact) mass is 396 g/mol. The maximum atomic E-state index is 14.0. The van der Waals surface area contributed by atoms with Crippen LogP contribution in [0.5, 0.6) is 5.75 Å². The summed E-state index contributed by atoms with van der Waals surface area (Å²) in [7, 11) is 1.45. The van der Waals surface area contributed by atoms with E-state index < -0.39 is 30.1 Å². The molecule has 3 rings (SSSR count). The molecule has 0 atom stereocenters. The lowest BCUT2D eigenvalue weighted by molar-refractivity contribution is -0.118. The van der Waals surface area contributed by atoms with E-state index in [4.69, 9.17) is 4.74 Å². The number of nitrogens with zero attached hydrogens (tertiary/aromatic N) is 1. The molecule has 1 N–H and O–H groups in total. The van der Waals surface area contributed by atoms with E-state index in [-0.39, 0.29) is 22.7 Å². The van der Waals surface area contributed by atoms with Gasteiger partial charge >= 0.3 is 0 Å². The maximum Gasteiger partial charge on any atom is 0.262 e. The summed E-state index contributed by atoms with van der Waals surface area (Å²) in [5.74, 6) is -2.03. The van der Waals surface area contributed by atoms with E-state index in [0.29, 0.717) is 0 Å². The molecule has 0 bridgehead atoms. The lowest BCUT2D eigenvalue weighted by atomic mass is 10.1. The molecule has 0 aromatic heterocycles. The Hall–Kier alpha value is -3.74. The average molecular weight is 396 g/mol. The first kappa shape index (κ1) is 20.0. The van der Waals surface area contributed by atoms with Crippen LogP contribution in [0.15, 0.2) is 72.8 Å². The molecule has 148 valence electrons. The topological polar surface area (TPSA) is 58.6 Å². The van der Waals surface area contributed by atoms with Crippen LogP contribution in [0.3, 0.4) is 0 Å². The first-order valence-electron chi connectivity index (χ1n) is 8.76. The van der Waals surface area contributed by atoms with Gasteiger partial charge in [-0.15, -0.1) is 0 Å².